The van der Waals surface area contributed by atoms with Gasteiger partial charge < -0.3 is 10.5 Å². The van der Waals surface area contributed by atoms with Crippen molar-refractivity contribution in [3.8, 4) is 0 Å². The molecule has 1 aliphatic heterocycles. The van der Waals surface area contributed by atoms with Gasteiger partial charge in [-0.15, -0.1) is 0 Å². The van der Waals surface area contributed by atoms with E-state index < -0.39 is 0 Å². The largest absolute Gasteiger partial charge is 0.378 e. The Morgan fingerprint density at radius 2 is 2.28 bits per heavy atom. The van der Waals surface area contributed by atoms with Crippen LogP contribution >= 0.6 is 11.6 Å². The van der Waals surface area contributed by atoms with Crippen molar-refractivity contribution in [3.63, 3.8) is 0 Å². The van der Waals surface area contributed by atoms with Gasteiger partial charge in [0.15, 0.2) is 0 Å². The number of halogens is 2. The van der Waals surface area contributed by atoms with E-state index in [0.29, 0.717) is 17.0 Å². The predicted molar refractivity (Wildman–Crippen MR) is 71.3 cm³/mol. The van der Waals surface area contributed by atoms with E-state index in [-0.39, 0.29) is 18.0 Å². The van der Waals surface area contributed by atoms with E-state index >= 15 is 0 Å². The molecule has 2 unspecified atom stereocenters. The standard InChI is InChI=1S/C14H19ClFNO/c15-11-5-4-10(14(16)8-11)7-12(17)9-13-3-1-2-6-18-13/h4-5,8,12-13H,1-3,6-7,9,17H2. The summed E-state index contributed by atoms with van der Waals surface area (Å²) in [5.41, 5.74) is 6.69. The second kappa shape index (κ2) is 6.50. The van der Waals surface area contributed by atoms with Gasteiger partial charge in [-0.1, -0.05) is 17.7 Å². The maximum atomic E-state index is 13.6. The summed E-state index contributed by atoms with van der Waals surface area (Å²) in [6.07, 6.45) is 4.97. The first-order chi connectivity index (χ1) is 8.65. The highest BCUT2D eigenvalue weighted by Crippen LogP contribution is 2.20. The fourth-order valence-electron chi connectivity index (χ4n) is 2.38. The van der Waals surface area contributed by atoms with E-state index in [1.807, 2.05) is 0 Å². The predicted octanol–water partition coefficient (Wildman–Crippen LogP) is 3.31. The molecule has 2 atom stereocenters. The van der Waals surface area contributed by atoms with Crippen LogP contribution in [0, 0.1) is 5.82 Å². The third-order valence-electron chi connectivity index (χ3n) is 3.34. The second-order valence-corrected chi connectivity index (χ2v) is 5.36. The highest BCUT2D eigenvalue weighted by molar-refractivity contribution is 6.30. The van der Waals surface area contributed by atoms with Gasteiger partial charge in [0.25, 0.3) is 0 Å². The molecule has 0 aromatic heterocycles. The van der Waals surface area contributed by atoms with E-state index in [1.54, 1.807) is 12.1 Å². The number of hydrogen-bond acceptors (Lipinski definition) is 2. The zero-order valence-electron chi connectivity index (χ0n) is 10.4. The Labute approximate surface area is 112 Å². The fraction of sp³-hybridized carbons (Fsp3) is 0.571. The van der Waals surface area contributed by atoms with Crippen molar-refractivity contribution in [2.24, 2.45) is 5.73 Å². The van der Waals surface area contributed by atoms with Crippen LogP contribution in [0.25, 0.3) is 0 Å². The zero-order valence-corrected chi connectivity index (χ0v) is 11.1. The van der Waals surface area contributed by atoms with Crippen molar-refractivity contribution in [3.05, 3.63) is 34.6 Å². The molecule has 1 aromatic carbocycles. The van der Waals surface area contributed by atoms with Gasteiger partial charge in [0, 0.05) is 17.7 Å². The average Bonchev–Trinajstić information content (AvgIpc) is 2.34. The normalized spacial score (nSPS) is 21.8. The molecule has 100 valence electrons. The molecule has 0 aliphatic carbocycles. The van der Waals surface area contributed by atoms with Gasteiger partial charge in [-0.05, 0) is 49.8 Å². The molecule has 0 bridgehead atoms. The molecule has 4 heteroatoms. The minimum atomic E-state index is -0.275. The van der Waals surface area contributed by atoms with Gasteiger partial charge in [0.1, 0.15) is 5.82 Å². The van der Waals surface area contributed by atoms with Gasteiger partial charge in [-0.2, -0.15) is 0 Å². The Balaban J connectivity index is 1.87. The zero-order chi connectivity index (χ0) is 13.0. The summed E-state index contributed by atoms with van der Waals surface area (Å²) in [7, 11) is 0. The fourth-order valence-corrected chi connectivity index (χ4v) is 2.54. The summed E-state index contributed by atoms with van der Waals surface area (Å²) in [5, 5.41) is 0.417. The Morgan fingerprint density at radius 3 is 2.94 bits per heavy atom. The average molecular weight is 272 g/mol. The molecule has 1 saturated heterocycles. The minimum Gasteiger partial charge on any atom is -0.378 e. The van der Waals surface area contributed by atoms with E-state index in [4.69, 9.17) is 22.1 Å². The number of benzene rings is 1. The third-order valence-corrected chi connectivity index (χ3v) is 3.57. The van der Waals surface area contributed by atoms with Crippen LogP contribution in [-0.4, -0.2) is 18.8 Å². The monoisotopic (exact) mass is 271 g/mol. The molecule has 1 aromatic rings. The van der Waals surface area contributed by atoms with Crippen molar-refractivity contribution in [1.82, 2.24) is 0 Å². The molecular weight excluding hydrogens is 253 g/mol. The smallest absolute Gasteiger partial charge is 0.127 e. The molecule has 1 fully saturated rings. The maximum absolute atomic E-state index is 13.6. The Bertz CT molecular complexity index is 393. The SMILES string of the molecule is NC(Cc1ccc(Cl)cc1F)CC1CCCCO1. The van der Waals surface area contributed by atoms with Crippen LogP contribution in [0.5, 0.6) is 0 Å². The van der Waals surface area contributed by atoms with Crippen LogP contribution in [0.15, 0.2) is 18.2 Å². The molecule has 1 heterocycles. The Hall–Kier alpha value is -0.640. The van der Waals surface area contributed by atoms with Crippen molar-refractivity contribution in [2.45, 2.75) is 44.2 Å². The highest BCUT2D eigenvalue weighted by Gasteiger charge is 2.18. The minimum absolute atomic E-state index is 0.0659. The summed E-state index contributed by atoms with van der Waals surface area (Å²) in [4.78, 5) is 0. The molecule has 18 heavy (non-hydrogen) atoms. The maximum Gasteiger partial charge on any atom is 0.127 e. The van der Waals surface area contributed by atoms with Crippen LogP contribution in [-0.2, 0) is 11.2 Å². The van der Waals surface area contributed by atoms with Crippen LogP contribution < -0.4 is 5.73 Å². The Kier molecular flexibility index (Phi) is 4.98. The lowest BCUT2D eigenvalue weighted by molar-refractivity contribution is 0.00743. The van der Waals surface area contributed by atoms with E-state index in [9.17, 15) is 4.39 Å². The summed E-state index contributed by atoms with van der Waals surface area (Å²) in [5.74, 6) is -0.275. The molecule has 2 rings (SSSR count). The van der Waals surface area contributed by atoms with Crippen molar-refractivity contribution in [1.29, 1.82) is 0 Å². The topological polar surface area (TPSA) is 35.2 Å². The van der Waals surface area contributed by atoms with Gasteiger partial charge in [0.2, 0.25) is 0 Å². The first-order valence-electron chi connectivity index (χ1n) is 6.46. The van der Waals surface area contributed by atoms with Gasteiger partial charge in [0.05, 0.1) is 6.10 Å². The quantitative estimate of drug-likeness (QED) is 0.912. The lowest BCUT2D eigenvalue weighted by Gasteiger charge is -2.25. The molecule has 2 N–H and O–H groups in total. The van der Waals surface area contributed by atoms with Crippen LogP contribution in [0.2, 0.25) is 5.02 Å². The van der Waals surface area contributed by atoms with Gasteiger partial charge >= 0.3 is 0 Å². The molecule has 0 spiro atoms. The molecule has 1 aliphatic rings. The van der Waals surface area contributed by atoms with Crippen LogP contribution in [0.3, 0.4) is 0 Å². The first kappa shape index (κ1) is 13.8. The number of hydrogen-bond donors (Lipinski definition) is 1. The van der Waals surface area contributed by atoms with Gasteiger partial charge in [-0.3, -0.25) is 0 Å². The number of ether oxygens (including phenoxy) is 1. The number of nitrogens with two attached hydrogens (primary N) is 1. The second-order valence-electron chi connectivity index (χ2n) is 4.92. The molecule has 0 radical (unpaired) electrons. The van der Waals surface area contributed by atoms with Crippen molar-refractivity contribution >= 4 is 11.6 Å². The summed E-state index contributed by atoms with van der Waals surface area (Å²) in [6.45, 7) is 0.826. The van der Waals surface area contributed by atoms with E-state index in [2.05, 4.69) is 0 Å². The first-order valence-corrected chi connectivity index (χ1v) is 6.84. The van der Waals surface area contributed by atoms with Crippen LogP contribution in [0.1, 0.15) is 31.2 Å². The molecular formula is C14H19ClFNO. The van der Waals surface area contributed by atoms with Crippen LogP contribution in [0.4, 0.5) is 4.39 Å². The summed E-state index contributed by atoms with van der Waals surface area (Å²) in [6, 6.07) is 4.67. The Morgan fingerprint density at radius 1 is 1.44 bits per heavy atom. The lowest BCUT2D eigenvalue weighted by atomic mass is 9.97. The van der Waals surface area contributed by atoms with E-state index in [1.165, 1.54) is 12.5 Å². The lowest BCUT2D eigenvalue weighted by Crippen LogP contribution is -2.31. The van der Waals surface area contributed by atoms with Gasteiger partial charge in [-0.25, -0.2) is 4.39 Å². The molecule has 0 saturated carbocycles. The third kappa shape index (κ3) is 3.94. The van der Waals surface area contributed by atoms with E-state index in [0.717, 1.165) is 25.9 Å². The van der Waals surface area contributed by atoms with Crippen molar-refractivity contribution in [2.75, 3.05) is 6.61 Å². The molecule has 0 amide bonds. The molecule has 2 nitrogen and oxygen atoms in total. The summed E-state index contributed by atoms with van der Waals surface area (Å²) >= 11 is 5.72. The summed E-state index contributed by atoms with van der Waals surface area (Å²) < 4.78 is 19.3. The van der Waals surface area contributed by atoms with Crippen molar-refractivity contribution < 1.29 is 9.13 Å². The highest BCUT2D eigenvalue weighted by atomic mass is 35.5. The number of rotatable bonds is 4.